The number of benzene rings is 1. The van der Waals surface area contributed by atoms with Crippen LogP contribution < -0.4 is 10.2 Å². The van der Waals surface area contributed by atoms with E-state index in [-0.39, 0.29) is 17.3 Å². The number of ether oxygens (including phenoxy) is 1. The largest absolute Gasteiger partial charge is 0.378 e. The Kier molecular flexibility index (Phi) is 6.57. The normalized spacial score (nSPS) is 14.6. The Morgan fingerprint density at radius 2 is 1.86 bits per heavy atom. The second kappa shape index (κ2) is 9.12. The Labute approximate surface area is 170 Å². The molecule has 1 aliphatic rings. The van der Waals surface area contributed by atoms with Crippen LogP contribution in [0.3, 0.4) is 0 Å². The molecule has 1 amide bonds. The molecule has 29 heavy (non-hydrogen) atoms. The monoisotopic (exact) mass is 417 g/mol. The van der Waals surface area contributed by atoms with Gasteiger partial charge in [-0.2, -0.15) is 4.31 Å². The van der Waals surface area contributed by atoms with Crippen LogP contribution in [0.4, 0.5) is 11.6 Å². The lowest BCUT2D eigenvalue weighted by atomic mass is 10.3. The lowest BCUT2D eigenvalue weighted by Crippen LogP contribution is -2.37. The van der Waals surface area contributed by atoms with E-state index in [4.69, 9.17) is 4.74 Å². The van der Waals surface area contributed by atoms with E-state index >= 15 is 0 Å². The predicted octanol–water partition coefficient (Wildman–Crippen LogP) is 1.26. The summed E-state index contributed by atoms with van der Waals surface area (Å²) in [4.78, 5) is 22.2. The number of hydrogen-bond donors (Lipinski definition) is 1. The average Bonchev–Trinajstić information content (AvgIpc) is 2.75. The number of aromatic nitrogens is 2. The first-order valence-electron chi connectivity index (χ1n) is 9.03. The topological polar surface area (TPSA) is 105 Å². The maximum absolute atomic E-state index is 12.8. The number of anilines is 2. The fourth-order valence-corrected chi connectivity index (χ4v) is 3.94. The molecule has 0 aliphatic carbocycles. The highest BCUT2D eigenvalue weighted by atomic mass is 32.2. The van der Waals surface area contributed by atoms with Crippen molar-refractivity contribution in [2.45, 2.75) is 11.4 Å². The standard InChI is InChI=1S/C19H23N5O4S/c1-3-18(25)22-16-4-6-17(7-5-16)29(26,27)23(2)14-15-12-20-19(21-13-15)24-8-10-28-11-9-24/h3-7,12-13H,1,8-11,14H2,2H3,(H,22,25). The highest BCUT2D eigenvalue weighted by Crippen LogP contribution is 2.19. The zero-order valence-corrected chi connectivity index (χ0v) is 16.9. The van der Waals surface area contributed by atoms with Gasteiger partial charge in [0.2, 0.25) is 21.9 Å². The van der Waals surface area contributed by atoms with E-state index in [1.165, 1.54) is 35.6 Å². The van der Waals surface area contributed by atoms with Gasteiger partial charge in [0.25, 0.3) is 0 Å². The summed E-state index contributed by atoms with van der Waals surface area (Å²) in [5, 5.41) is 2.58. The van der Waals surface area contributed by atoms with Gasteiger partial charge in [0.1, 0.15) is 0 Å². The van der Waals surface area contributed by atoms with E-state index in [1.54, 1.807) is 12.4 Å². The highest BCUT2D eigenvalue weighted by molar-refractivity contribution is 7.89. The lowest BCUT2D eigenvalue weighted by molar-refractivity contribution is -0.111. The molecule has 0 bridgehead atoms. The molecule has 154 valence electrons. The van der Waals surface area contributed by atoms with Crippen LogP contribution in [-0.4, -0.2) is 61.9 Å². The van der Waals surface area contributed by atoms with Crippen molar-refractivity contribution in [3.05, 3.63) is 54.9 Å². The molecule has 3 rings (SSSR count). The smallest absolute Gasteiger partial charge is 0.247 e. The summed E-state index contributed by atoms with van der Waals surface area (Å²) in [5.41, 5.74) is 1.17. The van der Waals surface area contributed by atoms with E-state index in [9.17, 15) is 13.2 Å². The SMILES string of the molecule is C=CC(=O)Nc1ccc(S(=O)(=O)N(C)Cc2cnc(N3CCOCC3)nc2)cc1. The molecule has 9 nitrogen and oxygen atoms in total. The zero-order chi connectivity index (χ0) is 20.9. The van der Waals surface area contributed by atoms with Crippen LogP contribution in [0.15, 0.2) is 54.2 Å². The van der Waals surface area contributed by atoms with Crippen LogP contribution in [0, 0.1) is 0 Å². The average molecular weight is 417 g/mol. The van der Waals surface area contributed by atoms with Crippen molar-refractivity contribution in [2.75, 3.05) is 43.6 Å². The number of amides is 1. The molecule has 0 atom stereocenters. The maximum Gasteiger partial charge on any atom is 0.247 e. The van der Waals surface area contributed by atoms with Gasteiger partial charge in [0.05, 0.1) is 18.1 Å². The minimum absolute atomic E-state index is 0.127. The van der Waals surface area contributed by atoms with Gasteiger partial charge in [-0.25, -0.2) is 18.4 Å². The number of sulfonamides is 1. The van der Waals surface area contributed by atoms with Crippen molar-refractivity contribution in [3.63, 3.8) is 0 Å². The summed E-state index contributed by atoms with van der Waals surface area (Å²) in [6, 6.07) is 5.95. The number of hydrogen-bond acceptors (Lipinski definition) is 7. The van der Waals surface area contributed by atoms with E-state index in [1.807, 2.05) is 4.90 Å². The van der Waals surface area contributed by atoms with Crippen LogP contribution >= 0.6 is 0 Å². The summed E-state index contributed by atoms with van der Waals surface area (Å²) in [6.07, 6.45) is 4.42. The Morgan fingerprint density at radius 3 is 2.45 bits per heavy atom. The molecule has 0 radical (unpaired) electrons. The summed E-state index contributed by atoms with van der Waals surface area (Å²) in [6.45, 7) is 6.26. The highest BCUT2D eigenvalue weighted by Gasteiger charge is 2.21. The first-order chi connectivity index (χ1) is 13.9. The Bertz CT molecular complexity index is 955. The third-order valence-electron chi connectivity index (χ3n) is 4.41. The van der Waals surface area contributed by atoms with Crippen LogP contribution in [0.5, 0.6) is 0 Å². The summed E-state index contributed by atoms with van der Waals surface area (Å²) >= 11 is 0. The molecule has 1 aromatic heterocycles. The van der Waals surface area contributed by atoms with Crippen LogP contribution in [0.25, 0.3) is 0 Å². The Balaban J connectivity index is 1.66. The molecule has 0 unspecified atom stereocenters. The summed E-state index contributed by atoms with van der Waals surface area (Å²) in [5.74, 6) is 0.248. The molecule has 2 aromatic rings. The van der Waals surface area contributed by atoms with Crippen molar-refractivity contribution in [2.24, 2.45) is 0 Å². The minimum Gasteiger partial charge on any atom is -0.378 e. The number of carbonyl (C=O) groups excluding carboxylic acids is 1. The van der Waals surface area contributed by atoms with Gasteiger partial charge in [-0.1, -0.05) is 6.58 Å². The first kappa shape index (κ1) is 20.9. The number of nitrogens with zero attached hydrogens (tertiary/aromatic N) is 4. The van der Waals surface area contributed by atoms with Crippen LogP contribution in [-0.2, 0) is 26.1 Å². The quantitative estimate of drug-likeness (QED) is 0.676. The third kappa shape index (κ3) is 5.17. The first-order valence-corrected chi connectivity index (χ1v) is 10.5. The number of rotatable bonds is 7. The van der Waals surface area contributed by atoms with E-state index in [0.717, 1.165) is 19.2 Å². The Hall–Kier alpha value is -2.82. The molecule has 2 heterocycles. The number of carbonyl (C=O) groups is 1. The molecule has 1 N–H and O–H groups in total. The molecule has 1 saturated heterocycles. The van der Waals surface area contributed by atoms with Gasteiger partial charge in [0.15, 0.2) is 0 Å². The van der Waals surface area contributed by atoms with Gasteiger partial charge in [-0.05, 0) is 30.3 Å². The molecular formula is C19H23N5O4S. The second-order valence-electron chi connectivity index (χ2n) is 6.47. The minimum atomic E-state index is -3.70. The van der Waals surface area contributed by atoms with Gasteiger partial charge in [0, 0.05) is 50.3 Å². The second-order valence-corrected chi connectivity index (χ2v) is 8.51. The van der Waals surface area contributed by atoms with Crippen molar-refractivity contribution in [1.82, 2.24) is 14.3 Å². The molecular weight excluding hydrogens is 394 g/mol. The van der Waals surface area contributed by atoms with Gasteiger partial charge in [-0.15, -0.1) is 0 Å². The molecule has 10 heteroatoms. The van der Waals surface area contributed by atoms with E-state index in [2.05, 4.69) is 21.9 Å². The number of nitrogens with one attached hydrogen (secondary N) is 1. The van der Waals surface area contributed by atoms with E-state index in [0.29, 0.717) is 30.4 Å². The fourth-order valence-electron chi connectivity index (χ4n) is 2.78. The van der Waals surface area contributed by atoms with Crippen molar-refractivity contribution in [1.29, 1.82) is 0 Å². The number of morpholine rings is 1. The van der Waals surface area contributed by atoms with Gasteiger partial charge < -0.3 is 15.0 Å². The van der Waals surface area contributed by atoms with Crippen LogP contribution in [0.2, 0.25) is 0 Å². The molecule has 1 fully saturated rings. The van der Waals surface area contributed by atoms with Crippen molar-refractivity contribution in [3.8, 4) is 0 Å². The Morgan fingerprint density at radius 1 is 1.24 bits per heavy atom. The molecule has 0 saturated carbocycles. The summed E-state index contributed by atoms with van der Waals surface area (Å²) < 4.78 is 32.1. The van der Waals surface area contributed by atoms with Crippen molar-refractivity contribution >= 4 is 27.6 Å². The van der Waals surface area contributed by atoms with Crippen molar-refractivity contribution < 1.29 is 17.9 Å². The predicted molar refractivity (Wildman–Crippen MR) is 109 cm³/mol. The maximum atomic E-state index is 12.8. The molecule has 1 aromatic carbocycles. The zero-order valence-electron chi connectivity index (χ0n) is 16.1. The lowest BCUT2D eigenvalue weighted by Gasteiger charge is -2.26. The molecule has 1 aliphatic heterocycles. The molecule has 0 spiro atoms. The fraction of sp³-hybridized carbons (Fsp3) is 0.316. The van der Waals surface area contributed by atoms with Crippen LogP contribution in [0.1, 0.15) is 5.56 Å². The van der Waals surface area contributed by atoms with Gasteiger partial charge in [-0.3, -0.25) is 4.79 Å². The third-order valence-corrected chi connectivity index (χ3v) is 6.22. The van der Waals surface area contributed by atoms with E-state index < -0.39 is 10.0 Å². The van der Waals surface area contributed by atoms with Gasteiger partial charge >= 0.3 is 0 Å². The summed E-state index contributed by atoms with van der Waals surface area (Å²) in [7, 11) is -2.20.